The lowest BCUT2D eigenvalue weighted by Crippen LogP contribution is -2.35. The van der Waals surface area contributed by atoms with Crippen molar-refractivity contribution < 1.29 is 14.6 Å². The zero-order valence-corrected chi connectivity index (χ0v) is 18.4. The Labute approximate surface area is 178 Å². The molecule has 0 bridgehead atoms. The fourth-order valence-electron chi connectivity index (χ4n) is 4.10. The van der Waals surface area contributed by atoms with E-state index in [9.17, 15) is 9.90 Å². The van der Waals surface area contributed by atoms with Crippen LogP contribution < -0.4 is 16.6 Å². The molecule has 1 aromatic heterocycles. The number of hydrogen-bond donors (Lipinski definition) is 3. The van der Waals surface area contributed by atoms with Crippen LogP contribution in [0.2, 0.25) is 0 Å². The quantitative estimate of drug-likeness (QED) is 0.277. The average Bonchev–Trinajstić information content (AvgIpc) is 3.56. The number of carbonyl (C=O) groups is 1. The van der Waals surface area contributed by atoms with Crippen LogP contribution in [0.15, 0.2) is 24.4 Å². The summed E-state index contributed by atoms with van der Waals surface area (Å²) >= 11 is 0. The van der Waals surface area contributed by atoms with Gasteiger partial charge in [-0.15, -0.1) is 0 Å². The summed E-state index contributed by atoms with van der Waals surface area (Å²) in [7, 11) is 1.39. The molecule has 30 heavy (non-hydrogen) atoms. The van der Waals surface area contributed by atoms with E-state index in [1.807, 2.05) is 45.9 Å². The van der Waals surface area contributed by atoms with Crippen LogP contribution in [0, 0.1) is 19.3 Å². The second kappa shape index (κ2) is 8.24. The first-order valence-corrected chi connectivity index (χ1v) is 10.2. The minimum absolute atomic E-state index is 0.123. The molecule has 0 amide bonds. The maximum Gasteiger partial charge on any atom is 0.312 e. The first-order chi connectivity index (χ1) is 14.1. The number of aliphatic hydroxyl groups excluding tert-OH is 1. The molecule has 7 heteroatoms. The Balaban J connectivity index is 2.18. The Bertz CT molecular complexity index is 954. The number of nitrogen functional groups attached to an aromatic ring is 1. The molecule has 0 radical (unpaired) electrons. The van der Waals surface area contributed by atoms with Crippen LogP contribution in [-0.4, -0.2) is 29.2 Å². The monoisotopic (exact) mass is 412 g/mol. The number of nitrogens with zero attached hydrogens (tertiary/aromatic N) is 2. The van der Waals surface area contributed by atoms with Gasteiger partial charge in [-0.3, -0.25) is 9.78 Å². The van der Waals surface area contributed by atoms with Gasteiger partial charge in [-0.05, 0) is 74.9 Å². The lowest BCUT2D eigenvalue weighted by molar-refractivity contribution is -0.151. The summed E-state index contributed by atoms with van der Waals surface area (Å²) in [6.45, 7) is 7.38. The molecule has 1 heterocycles. The molecule has 0 saturated heterocycles. The topological polar surface area (TPSA) is 115 Å². The van der Waals surface area contributed by atoms with E-state index in [0.29, 0.717) is 11.7 Å². The predicted octanol–water partition coefficient (Wildman–Crippen LogP) is 2.95. The summed E-state index contributed by atoms with van der Waals surface area (Å²) < 4.78 is 5.12. The van der Waals surface area contributed by atoms with Gasteiger partial charge in [-0.25, -0.2) is 5.84 Å². The highest BCUT2D eigenvalue weighted by Gasteiger charge is 2.41. The summed E-state index contributed by atoms with van der Waals surface area (Å²) in [5, 5.41) is 11.5. The number of hydrogen-bond acceptors (Lipinski definition) is 7. The number of aryl methyl sites for hydroxylation is 1. The molecule has 7 nitrogen and oxygen atoms in total. The van der Waals surface area contributed by atoms with Crippen LogP contribution in [0.5, 0.6) is 0 Å². The van der Waals surface area contributed by atoms with E-state index in [2.05, 4.69) is 4.98 Å². The molecule has 1 fully saturated rings. The van der Waals surface area contributed by atoms with E-state index < -0.39 is 5.41 Å². The van der Waals surface area contributed by atoms with Gasteiger partial charge >= 0.3 is 5.97 Å². The molecule has 1 aromatic carbocycles. The second-order valence-corrected chi connectivity index (χ2v) is 8.67. The first kappa shape index (κ1) is 22.1. The number of esters is 1. The number of anilines is 2. The number of aliphatic hydroxyl groups is 1. The highest BCUT2D eigenvalue weighted by molar-refractivity contribution is 5.80. The summed E-state index contributed by atoms with van der Waals surface area (Å²) in [5.74, 6) is 5.56. The summed E-state index contributed by atoms with van der Waals surface area (Å²) in [5.41, 5.74) is 11.1. The molecule has 5 N–H and O–H groups in total. The number of pyridine rings is 1. The number of hydrazine groups is 1. The molecule has 3 rings (SSSR count). The van der Waals surface area contributed by atoms with Crippen molar-refractivity contribution in [3.8, 4) is 0 Å². The second-order valence-electron chi connectivity index (χ2n) is 8.67. The van der Waals surface area contributed by atoms with Crippen molar-refractivity contribution in [2.75, 3.05) is 17.9 Å². The summed E-state index contributed by atoms with van der Waals surface area (Å²) in [6.07, 6.45) is 3.88. The van der Waals surface area contributed by atoms with Crippen LogP contribution in [0.3, 0.4) is 0 Å². The molecule has 162 valence electrons. The Kier molecular flexibility index (Phi) is 6.06. The molecule has 0 spiro atoms. The maximum absolute atomic E-state index is 12.8. The van der Waals surface area contributed by atoms with Gasteiger partial charge in [0.15, 0.2) is 0 Å². The van der Waals surface area contributed by atoms with E-state index in [0.717, 1.165) is 46.5 Å². The molecule has 1 atom stereocenters. The maximum atomic E-state index is 12.8. The van der Waals surface area contributed by atoms with Gasteiger partial charge in [0.25, 0.3) is 0 Å². The van der Waals surface area contributed by atoms with Gasteiger partial charge in [-0.2, -0.15) is 0 Å². The van der Waals surface area contributed by atoms with E-state index in [1.54, 1.807) is 11.2 Å². The predicted molar refractivity (Wildman–Crippen MR) is 118 cm³/mol. The number of rotatable bonds is 7. The molecule has 1 saturated carbocycles. The minimum atomic E-state index is -0.893. The molecule has 1 aliphatic carbocycles. The van der Waals surface area contributed by atoms with E-state index in [-0.39, 0.29) is 18.5 Å². The number of aromatic nitrogens is 1. The average molecular weight is 413 g/mol. The molecular weight excluding hydrogens is 380 g/mol. The molecule has 1 aliphatic rings. The normalized spacial score (nSPS) is 15.0. The third kappa shape index (κ3) is 3.87. The zero-order valence-electron chi connectivity index (χ0n) is 18.4. The number of benzene rings is 1. The third-order valence-electron chi connectivity index (χ3n) is 6.21. The van der Waals surface area contributed by atoms with Crippen molar-refractivity contribution in [2.24, 2.45) is 11.3 Å². The van der Waals surface area contributed by atoms with Crippen molar-refractivity contribution >= 4 is 17.3 Å². The van der Waals surface area contributed by atoms with Gasteiger partial charge in [-0.1, -0.05) is 6.07 Å². The van der Waals surface area contributed by atoms with Crippen molar-refractivity contribution in [1.82, 2.24) is 4.98 Å². The summed E-state index contributed by atoms with van der Waals surface area (Å²) in [6, 6.07) is 6.14. The minimum Gasteiger partial charge on any atom is -0.469 e. The Morgan fingerprint density at radius 2 is 2.03 bits per heavy atom. The highest BCUT2D eigenvalue weighted by atomic mass is 16.5. The standard InChI is InChI=1S/C23H32N4O3/c1-13-18(8-9-19(21(13)24)27(25)17-6-7-17)20(23(3,4)22(29)30-5)15-10-16(12-28)14(2)26-11-15/h8-11,17,20,28H,6-7,12,24-25H2,1-5H3. The Morgan fingerprint density at radius 3 is 2.60 bits per heavy atom. The number of methoxy groups -OCH3 is 1. The van der Waals surface area contributed by atoms with Crippen LogP contribution in [0.4, 0.5) is 11.4 Å². The van der Waals surface area contributed by atoms with E-state index in [1.165, 1.54) is 7.11 Å². The van der Waals surface area contributed by atoms with Gasteiger partial charge < -0.3 is 20.6 Å². The zero-order chi connectivity index (χ0) is 22.2. The van der Waals surface area contributed by atoms with Crippen LogP contribution in [0.1, 0.15) is 60.6 Å². The number of nitrogens with two attached hydrogens (primary N) is 2. The molecular formula is C23H32N4O3. The van der Waals surface area contributed by atoms with Crippen molar-refractivity contribution in [2.45, 2.75) is 59.1 Å². The van der Waals surface area contributed by atoms with Crippen LogP contribution >= 0.6 is 0 Å². The fraction of sp³-hybridized carbons (Fsp3) is 0.478. The fourth-order valence-corrected chi connectivity index (χ4v) is 4.10. The smallest absolute Gasteiger partial charge is 0.312 e. The van der Waals surface area contributed by atoms with E-state index in [4.69, 9.17) is 16.3 Å². The molecule has 1 unspecified atom stereocenters. The van der Waals surface area contributed by atoms with Gasteiger partial charge in [0.2, 0.25) is 0 Å². The number of carbonyl (C=O) groups excluding carboxylic acids is 1. The van der Waals surface area contributed by atoms with Crippen LogP contribution in [0.25, 0.3) is 0 Å². The first-order valence-electron chi connectivity index (χ1n) is 10.2. The highest BCUT2D eigenvalue weighted by Crippen LogP contribution is 2.46. The SMILES string of the molecule is COC(=O)C(C)(C)C(c1cnc(C)c(CO)c1)c1ccc(N(N)C2CC2)c(N)c1C. The van der Waals surface area contributed by atoms with Gasteiger partial charge in [0.1, 0.15) is 0 Å². The van der Waals surface area contributed by atoms with Crippen molar-refractivity contribution in [3.05, 3.63) is 52.3 Å². The lowest BCUT2D eigenvalue weighted by Gasteiger charge is -2.34. The lowest BCUT2D eigenvalue weighted by atomic mass is 9.70. The molecule has 2 aromatic rings. The molecule has 0 aliphatic heterocycles. The van der Waals surface area contributed by atoms with Crippen molar-refractivity contribution in [1.29, 1.82) is 0 Å². The van der Waals surface area contributed by atoms with Crippen molar-refractivity contribution in [3.63, 3.8) is 0 Å². The third-order valence-corrected chi connectivity index (χ3v) is 6.21. The largest absolute Gasteiger partial charge is 0.469 e. The number of ether oxygens (including phenoxy) is 1. The summed E-state index contributed by atoms with van der Waals surface area (Å²) in [4.78, 5) is 17.2. The van der Waals surface area contributed by atoms with Crippen LogP contribution in [-0.2, 0) is 16.1 Å². The van der Waals surface area contributed by atoms with E-state index >= 15 is 0 Å². The Morgan fingerprint density at radius 1 is 1.37 bits per heavy atom. The Hall–Kier alpha value is -2.64. The van der Waals surface area contributed by atoms with Gasteiger partial charge in [0, 0.05) is 23.9 Å². The van der Waals surface area contributed by atoms with Gasteiger partial charge in [0.05, 0.1) is 30.5 Å².